The van der Waals surface area contributed by atoms with Crippen molar-refractivity contribution < 1.29 is 0 Å². The van der Waals surface area contributed by atoms with Crippen LogP contribution in [0.15, 0.2) is 131 Å². The lowest BCUT2D eigenvalue weighted by molar-refractivity contribution is 0.247. The minimum absolute atomic E-state index is 0.0514. The molecule has 0 saturated carbocycles. The number of rotatable bonds is 1. The highest BCUT2D eigenvalue weighted by atomic mass is 14.6. The molecule has 0 N–H and O–H groups in total. The Hall–Kier alpha value is -3.90. The molecular formula is C42H40. The van der Waals surface area contributed by atoms with E-state index in [1.807, 2.05) is 0 Å². The van der Waals surface area contributed by atoms with E-state index in [1.165, 1.54) is 76.9 Å². The molecule has 8 rings (SSSR count). The van der Waals surface area contributed by atoms with Crippen LogP contribution in [0.3, 0.4) is 0 Å². The molecule has 0 aromatic heterocycles. The van der Waals surface area contributed by atoms with Gasteiger partial charge in [0.15, 0.2) is 0 Å². The van der Waals surface area contributed by atoms with Gasteiger partial charge in [0.2, 0.25) is 0 Å². The fourth-order valence-electron chi connectivity index (χ4n) is 8.21. The quantitative estimate of drug-likeness (QED) is 0.209. The third-order valence-corrected chi connectivity index (χ3v) is 11.1. The summed E-state index contributed by atoms with van der Waals surface area (Å²) in [6.45, 7) is 19.1. The van der Waals surface area contributed by atoms with Crippen molar-refractivity contribution in [2.24, 2.45) is 21.7 Å². The Bertz CT molecular complexity index is 2080. The van der Waals surface area contributed by atoms with Crippen molar-refractivity contribution >= 4 is 37.9 Å². The first-order valence-electron chi connectivity index (χ1n) is 15.5. The van der Waals surface area contributed by atoms with Crippen LogP contribution in [0.5, 0.6) is 0 Å². The second-order valence-corrected chi connectivity index (χ2v) is 15.4. The van der Waals surface area contributed by atoms with E-state index in [2.05, 4.69) is 153 Å². The molecule has 0 aliphatic heterocycles. The van der Waals surface area contributed by atoms with Gasteiger partial charge in [-0.3, -0.25) is 0 Å². The summed E-state index contributed by atoms with van der Waals surface area (Å²) in [6, 6.07) is 20.7. The Labute approximate surface area is 250 Å². The molecule has 0 spiro atoms. The van der Waals surface area contributed by atoms with Crippen molar-refractivity contribution in [1.29, 1.82) is 0 Å². The normalized spacial score (nSPS) is 25.4. The van der Waals surface area contributed by atoms with Gasteiger partial charge in [-0.15, -0.1) is 0 Å². The molecule has 0 heteroatoms. The molecular weight excluding hydrogens is 504 g/mol. The molecule has 0 nitrogen and oxygen atoms in total. The zero-order chi connectivity index (χ0) is 29.4. The maximum atomic E-state index is 2.56. The Morgan fingerprint density at radius 2 is 1.05 bits per heavy atom. The molecule has 4 aliphatic rings. The van der Waals surface area contributed by atoms with Crippen LogP contribution in [0.1, 0.15) is 61.0 Å². The van der Waals surface area contributed by atoms with Gasteiger partial charge in [0.05, 0.1) is 0 Å². The molecule has 0 saturated heterocycles. The van der Waals surface area contributed by atoms with Crippen molar-refractivity contribution in [3.05, 3.63) is 136 Å². The topological polar surface area (TPSA) is 0 Å². The van der Waals surface area contributed by atoms with Crippen molar-refractivity contribution in [2.75, 3.05) is 0 Å². The van der Waals surface area contributed by atoms with Crippen LogP contribution < -0.4 is 0 Å². The molecule has 4 aromatic rings. The van der Waals surface area contributed by atoms with Gasteiger partial charge >= 0.3 is 0 Å². The second-order valence-electron chi connectivity index (χ2n) is 15.4. The van der Waals surface area contributed by atoms with Crippen LogP contribution in [0.25, 0.3) is 37.9 Å². The van der Waals surface area contributed by atoms with E-state index >= 15 is 0 Å². The highest BCUT2D eigenvalue weighted by Crippen LogP contribution is 2.68. The standard InChI is InChI=1S/C42H40/c1-39(2,3)30-20-28-16-17-29-21-31(40(4,5)6)24-36-35(23-32(22-30)41(28,7)42(29,36)8)33-18-14-27-13-12-25-10-9-11-26-15-19-34(33)38(27)37(25)26/h9-24H,1-8H3/t41-,42-/m1/s1. The van der Waals surface area contributed by atoms with Gasteiger partial charge in [0.25, 0.3) is 0 Å². The molecule has 0 heterocycles. The van der Waals surface area contributed by atoms with Crippen molar-refractivity contribution in [2.45, 2.75) is 55.4 Å². The lowest BCUT2D eigenvalue weighted by atomic mass is 9.44. The molecule has 0 bridgehead atoms. The molecule has 0 unspecified atom stereocenters. The molecule has 4 aromatic carbocycles. The summed E-state index contributed by atoms with van der Waals surface area (Å²) in [6.07, 6.45) is 17.4. The van der Waals surface area contributed by atoms with Crippen LogP contribution in [0, 0.1) is 21.7 Å². The summed E-state index contributed by atoms with van der Waals surface area (Å²) in [5.41, 5.74) is 11.1. The number of allylic oxidation sites excluding steroid dienone is 14. The fourth-order valence-corrected chi connectivity index (χ4v) is 8.21. The van der Waals surface area contributed by atoms with Crippen LogP contribution in [-0.2, 0) is 0 Å². The Morgan fingerprint density at radius 1 is 0.500 bits per heavy atom. The summed E-state index contributed by atoms with van der Waals surface area (Å²) >= 11 is 0. The maximum Gasteiger partial charge on any atom is 0.0315 e. The van der Waals surface area contributed by atoms with Gasteiger partial charge < -0.3 is 0 Å². The van der Waals surface area contributed by atoms with Crippen LogP contribution >= 0.6 is 0 Å². The lowest BCUT2D eigenvalue weighted by Crippen LogP contribution is -2.48. The van der Waals surface area contributed by atoms with Gasteiger partial charge in [-0.05, 0) is 93.8 Å². The predicted molar refractivity (Wildman–Crippen MR) is 182 cm³/mol. The fraction of sp³-hybridized carbons (Fsp3) is 0.286. The average molecular weight is 545 g/mol. The molecule has 208 valence electrons. The van der Waals surface area contributed by atoms with Crippen LogP contribution in [0.4, 0.5) is 0 Å². The number of benzene rings is 4. The van der Waals surface area contributed by atoms with E-state index in [4.69, 9.17) is 0 Å². The first kappa shape index (κ1) is 25.8. The van der Waals surface area contributed by atoms with Gasteiger partial charge in [-0.1, -0.05) is 146 Å². The molecule has 0 fully saturated rings. The van der Waals surface area contributed by atoms with Crippen molar-refractivity contribution in [1.82, 2.24) is 0 Å². The first-order chi connectivity index (χ1) is 19.8. The predicted octanol–water partition coefficient (Wildman–Crippen LogP) is 11.7. The monoisotopic (exact) mass is 544 g/mol. The van der Waals surface area contributed by atoms with Crippen molar-refractivity contribution in [3.63, 3.8) is 0 Å². The Balaban J connectivity index is 1.53. The van der Waals surface area contributed by atoms with Crippen LogP contribution in [0.2, 0.25) is 0 Å². The molecule has 0 amide bonds. The van der Waals surface area contributed by atoms with E-state index in [0.717, 1.165) is 0 Å². The van der Waals surface area contributed by atoms with Crippen LogP contribution in [-0.4, -0.2) is 0 Å². The van der Waals surface area contributed by atoms with Gasteiger partial charge in [0.1, 0.15) is 0 Å². The first-order valence-corrected chi connectivity index (χ1v) is 15.5. The van der Waals surface area contributed by atoms with E-state index in [1.54, 1.807) is 0 Å². The van der Waals surface area contributed by atoms with Crippen molar-refractivity contribution in [3.8, 4) is 0 Å². The molecule has 2 atom stereocenters. The highest BCUT2D eigenvalue weighted by molar-refractivity contribution is 6.25. The Morgan fingerprint density at radius 3 is 1.69 bits per heavy atom. The molecule has 42 heavy (non-hydrogen) atoms. The van der Waals surface area contributed by atoms with Gasteiger partial charge in [0, 0.05) is 10.8 Å². The number of hydrogen-bond donors (Lipinski definition) is 0. The third kappa shape index (κ3) is 3.14. The van der Waals surface area contributed by atoms with E-state index < -0.39 is 0 Å². The van der Waals surface area contributed by atoms with E-state index in [0.29, 0.717) is 0 Å². The Kier molecular flexibility index (Phi) is 4.87. The minimum Gasteiger partial charge on any atom is -0.0610 e. The van der Waals surface area contributed by atoms with E-state index in [-0.39, 0.29) is 21.7 Å². The second kappa shape index (κ2) is 7.93. The van der Waals surface area contributed by atoms with Gasteiger partial charge in [-0.2, -0.15) is 0 Å². The molecule has 4 aliphatic carbocycles. The molecule has 0 radical (unpaired) electrons. The smallest absolute Gasteiger partial charge is 0.0315 e. The number of hydrogen-bond acceptors (Lipinski definition) is 0. The summed E-state index contributed by atoms with van der Waals surface area (Å²) < 4.78 is 0. The SMILES string of the molecule is CC(C)(C)C1=CC2=CC(c3ccc4ccc5cccc6ccc3c4c56)=C3C=C(C(C)(C)C)C=C4C=CC(=C1)[C@@]2(C)[C@]43C. The third-order valence-electron chi connectivity index (χ3n) is 11.1. The summed E-state index contributed by atoms with van der Waals surface area (Å²) in [5, 5.41) is 8.07. The summed E-state index contributed by atoms with van der Waals surface area (Å²) in [4.78, 5) is 0. The minimum atomic E-state index is -0.175. The highest BCUT2D eigenvalue weighted by Gasteiger charge is 2.58. The zero-order valence-corrected chi connectivity index (χ0v) is 26.2. The maximum absolute atomic E-state index is 2.56. The van der Waals surface area contributed by atoms with Gasteiger partial charge in [-0.25, -0.2) is 0 Å². The average Bonchev–Trinajstić information content (AvgIpc) is 2.93. The lowest BCUT2D eigenvalue weighted by Gasteiger charge is -2.58. The largest absolute Gasteiger partial charge is 0.0610 e. The van der Waals surface area contributed by atoms with E-state index in [9.17, 15) is 0 Å². The summed E-state index contributed by atoms with van der Waals surface area (Å²) in [5.74, 6) is 0. The summed E-state index contributed by atoms with van der Waals surface area (Å²) in [7, 11) is 0. The zero-order valence-electron chi connectivity index (χ0n) is 26.2.